The number of nitrogens with one attached hydrogen (secondary N) is 4. The van der Waals surface area contributed by atoms with Gasteiger partial charge in [-0.1, -0.05) is 35.8 Å². The Hall–Kier alpha value is -2.57. The first-order chi connectivity index (χ1) is 17.5. The molecule has 0 bridgehead atoms. The number of halogens is 2. The zero-order valence-electron chi connectivity index (χ0n) is 21.5. The van der Waals surface area contributed by atoms with Crippen LogP contribution in [0.4, 0.5) is 4.39 Å². The topological polar surface area (TPSA) is 161 Å². The Kier molecular flexibility index (Phi) is 11.9. The van der Waals surface area contributed by atoms with Crippen LogP contribution in [0.2, 0.25) is 0 Å². The molecule has 0 aliphatic carbocycles. The molecule has 4 atom stereocenters. The second kappa shape index (κ2) is 14.4. The van der Waals surface area contributed by atoms with E-state index in [4.69, 9.17) is 11.1 Å². The molecule has 1 aromatic carbocycles. The summed E-state index contributed by atoms with van der Waals surface area (Å²) >= 11 is 3.40. The monoisotopic (exact) mass is 584 g/mol. The number of aliphatic hydroxyl groups excluding tert-OH is 1. The average Bonchev–Trinajstić information content (AvgIpc) is 3.33. The average molecular weight is 586 g/mol. The van der Waals surface area contributed by atoms with Gasteiger partial charge >= 0.3 is 0 Å². The van der Waals surface area contributed by atoms with Crippen molar-refractivity contribution in [1.29, 1.82) is 5.41 Å². The molecule has 7 N–H and O–H groups in total. The molecule has 2 amide bonds. The number of ketones is 1. The summed E-state index contributed by atoms with van der Waals surface area (Å²) in [6, 6.07) is 2.87. The molecule has 2 rings (SSSR count). The lowest BCUT2D eigenvalue weighted by molar-refractivity contribution is -0.142. The maximum absolute atomic E-state index is 13.6. The fourth-order valence-corrected chi connectivity index (χ4v) is 4.92. The Morgan fingerprint density at radius 3 is 2.62 bits per heavy atom. The number of carbonyl (C=O) groups excluding carboxylic acids is 3. The molecule has 12 heteroatoms. The van der Waals surface area contributed by atoms with E-state index in [1.54, 1.807) is 6.07 Å². The van der Waals surface area contributed by atoms with Crippen molar-refractivity contribution < 1.29 is 23.9 Å². The summed E-state index contributed by atoms with van der Waals surface area (Å²) < 4.78 is 14.0. The minimum Gasteiger partial charge on any atom is -0.374 e. The number of carbonyl (C=O) groups is 3. The van der Waals surface area contributed by atoms with Gasteiger partial charge in [-0.3, -0.25) is 25.1 Å². The smallest absolute Gasteiger partial charge is 0.243 e. The molecule has 1 aliphatic rings. The second-order valence-electron chi connectivity index (χ2n) is 9.63. The molecule has 10 nitrogen and oxygen atoms in total. The number of likely N-dealkylation sites (tertiary alicyclic amines) is 1. The highest BCUT2D eigenvalue weighted by Crippen LogP contribution is 2.24. The van der Waals surface area contributed by atoms with Gasteiger partial charge in [-0.2, -0.15) is 0 Å². The molecule has 0 spiro atoms. The fraction of sp³-hybridized carbons (Fsp3) is 0.600. The minimum atomic E-state index is -1.22. The van der Waals surface area contributed by atoms with Gasteiger partial charge in [0.05, 0.1) is 12.1 Å². The van der Waals surface area contributed by atoms with Gasteiger partial charge in [0.15, 0.2) is 11.7 Å². The van der Waals surface area contributed by atoms with Crippen LogP contribution in [0.5, 0.6) is 0 Å². The fourth-order valence-electron chi connectivity index (χ4n) is 4.44. The molecule has 1 aromatic rings. The van der Waals surface area contributed by atoms with Crippen LogP contribution in [0.3, 0.4) is 0 Å². The Labute approximate surface area is 225 Å². The molecule has 0 saturated carbocycles. The quantitative estimate of drug-likeness (QED) is 0.0888. The summed E-state index contributed by atoms with van der Waals surface area (Å²) in [5.74, 6) is -1.98. The number of aryl methyl sites for hydroxylation is 1. The molecule has 1 heterocycles. The number of guanidine groups is 1. The number of hydrogen-bond acceptors (Lipinski definition) is 6. The van der Waals surface area contributed by atoms with Gasteiger partial charge < -0.3 is 26.4 Å². The molecule has 1 fully saturated rings. The largest absolute Gasteiger partial charge is 0.374 e. The molecule has 1 aliphatic heterocycles. The summed E-state index contributed by atoms with van der Waals surface area (Å²) in [5.41, 5.74) is 6.73. The predicted molar refractivity (Wildman–Crippen MR) is 142 cm³/mol. The second-order valence-corrected chi connectivity index (χ2v) is 10.5. The van der Waals surface area contributed by atoms with Crippen LogP contribution in [0.1, 0.15) is 56.9 Å². The number of hydrogen-bond donors (Lipinski definition) is 6. The maximum atomic E-state index is 13.6. The number of Topliss-reactive ketones (excluding diaryl/α,β-unsaturated/α-hetero) is 1. The van der Waals surface area contributed by atoms with Crippen molar-refractivity contribution in [2.45, 2.75) is 70.8 Å². The van der Waals surface area contributed by atoms with Crippen LogP contribution in [0, 0.1) is 18.3 Å². The van der Waals surface area contributed by atoms with E-state index in [-0.39, 0.29) is 24.2 Å². The number of nitrogens with zero attached hydrogens (tertiary/aromatic N) is 1. The van der Waals surface area contributed by atoms with Crippen molar-refractivity contribution >= 4 is 39.5 Å². The van der Waals surface area contributed by atoms with Crippen LogP contribution in [-0.2, 0) is 14.4 Å². The first-order valence-electron chi connectivity index (χ1n) is 12.4. The third-order valence-electron chi connectivity index (χ3n) is 6.46. The Morgan fingerprint density at radius 1 is 1.32 bits per heavy atom. The van der Waals surface area contributed by atoms with Crippen LogP contribution < -0.4 is 21.7 Å². The highest BCUT2D eigenvalue weighted by Gasteiger charge is 2.39. The van der Waals surface area contributed by atoms with E-state index < -0.39 is 42.7 Å². The van der Waals surface area contributed by atoms with Gasteiger partial charge in [-0.05, 0) is 61.8 Å². The van der Waals surface area contributed by atoms with E-state index in [2.05, 4.69) is 31.9 Å². The molecule has 1 saturated heterocycles. The molecule has 37 heavy (non-hydrogen) atoms. The highest BCUT2D eigenvalue weighted by atomic mass is 79.9. The molecule has 206 valence electrons. The minimum absolute atomic E-state index is 0.171. The van der Waals surface area contributed by atoms with Gasteiger partial charge in [-0.15, -0.1) is 0 Å². The molecule has 0 radical (unpaired) electrons. The van der Waals surface area contributed by atoms with Gasteiger partial charge in [0, 0.05) is 17.6 Å². The van der Waals surface area contributed by atoms with Gasteiger partial charge in [0.25, 0.3) is 0 Å². The van der Waals surface area contributed by atoms with E-state index in [1.807, 2.05) is 32.9 Å². The number of aliphatic hydroxyl groups is 1. The number of amides is 2. The van der Waals surface area contributed by atoms with E-state index in [0.29, 0.717) is 37.9 Å². The van der Waals surface area contributed by atoms with Gasteiger partial charge in [-0.25, -0.2) is 4.39 Å². The standard InChI is InChI=1S/C25H38BrFN6O4/c1-14(2)21(32-22(35)17-9-8-16(26)12-15(17)3)24(37)33-11-5-7-19(33)23(36)31-18(20(34)13-27)6-4-10-30-25(28)29/h8-9,12,14,18-19,21-22,32,35H,4-7,10-11,13H2,1-3H3,(H,31,36)(H4,28,29,30)/t18-,19-,21-,22?/m0/s1. The molecule has 0 aromatic heterocycles. The first-order valence-corrected chi connectivity index (χ1v) is 13.2. The number of nitrogens with two attached hydrogens (primary N) is 1. The Balaban J connectivity index is 2.10. The van der Waals surface area contributed by atoms with Crippen LogP contribution in [-0.4, -0.2) is 71.5 Å². The van der Waals surface area contributed by atoms with Crippen LogP contribution >= 0.6 is 15.9 Å². The predicted octanol–water partition coefficient (Wildman–Crippen LogP) is 1.64. The Bertz CT molecular complexity index is 979. The lowest BCUT2D eigenvalue weighted by atomic mass is 10.00. The lowest BCUT2D eigenvalue weighted by Crippen LogP contribution is -2.56. The van der Waals surface area contributed by atoms with E-state index in [1.165, 1.54) is 4.90 Å². The third kappa shape index (κ3) is 8.75. The Morgan fingerprint density at radius 2 is 2.03 bits per heavy atom. The molecule has 1 unspecified atom stereocenters. The summed E-state index contributed by atoms with van der Waals surface area (Å²) in [7, 11) is 0. The number of rotatable bonds is 13. The third-order valence-corrected chi connectivity index (χ3v) is 6.95. The lowest BCUT2D eigenvalue weighted by Gasteiger charge is -2.32. The van der Waals surface area contributed by atoms with Crippen molar-refractivity contribution in [2.75, 3.05) is 19.8 Å². The van der Waals surface area contributed by atoms with Crippen molar-refractivity contribution in [3.8, 4) is 0 Å². The zero-order valence-corrected chi connectivity index (χ0v) is 23.1. The number of alkyl halides is 1. The van der Waals surface area contributed by atoms with E-state index in [9.17, 15) is 23.9 Å². The molecular weight excluding hydrogens is 547 g/mol. The van der Waals surface area contributed by atoms with Crippen LogP contribution in [0.15, 0.2) is 22.7 Å². The van der Waals surface area contributed by atoms with Crippen molar-refractivity contribution in [1.82, 2.24) is 20.9 Å². The zero-order chi connectivity index (χ0) is 27.7. The van der Waals surface area contributed by atoms with E-state index >= 15 is 0 Å². The van der Waals surface area contributed by atoms with Gasteiger partial charge in [0.2, 0.25) is 11.8 Å². The van der Waals surface area contributed by atoms with Crippen molar-refractivity contribution in [2.24, 2.45) is 11.7 Å². The summed E-state index contributed by atoms with van der Waals surface area (Å²) in [6.07, 6.45) is 0.488. The van der Waals surface area contributed by atoms with E-state index in [0.717, 1.165) is 10.0 Å². The summed E-state index contributed by atoms with van der Waals surface area (Å²) in [4.78, 5) is 40.3. The van der Waals surface area contributed by atoms with Gasteiger partial charge in [0.1, 0.15) is 18.9 Å². The molecular formula is C25H38BrFN6O4. The van der Waals surface area contributed by atoms with Crippen molar-refractivity contribution in [3.63, 3.8) is 0 Å². The summed E-state index contributed by atoms with van der Waals surface area (Å²) in [5, 5.41) is 26.3. The maximum Gasteiger partial charge on any atom is 0.243 e. The van der Waals surface area contributed by atoms with Crippen LogP contribution in [0.25, 0.3) is 0 Å². The summed E-state index contributed by atoms with van der Waals surface area (Å²) in [6.45, 7) is 5.02. The first kappa shape index (κ1) is 30.7. The number of benzene rings is 1. The van der Waals surface area contributed by atoms with Crippen molar-refractivity contribution in [3.05, 3.63) is 33.8 Å². The normalized spacial score (nSPS) is 17.8. The highest BCUT2D eigenvalue weighted by molar-refractivity contribution is 9.10. The SMILES string of the molecule is Cc1cc(Br)ccc1C(O)N[C@H](C(=O)N1CCC[C@H]1C(=O)N[C@@H](CCCNC(=N)N)C(=O)CF)C(C)C.